The van der Waals surface area contributed by atoms with Crippen molar-refractivity contribution < 1.29 is 9.59 Å². The zero-order valence-corrected chi connectivity index (χ0v) is 16.7. The molecule has 0 spiro atoms. The molecular weight excluding hydrogens is 342 g/mol. The van der Waals surface area contributed by atoms with Crippen LogP contribution in [-0.4, -0.2) is 50.8 Å². The van der Waals surface area contributed by atoms with Gasteiger partial charge >= 0.3 is 0 Å². The van der Waals surface area contributed by atoms with Crippen molar-refractivity contribution in [2.75, 3.05) is 13.1 Å². The molecule has 2 heterocycles. The van der Waals surface area contributed by atoms with Crippen molar-refractivity contribution in [1.82, 2.24) is 25.2 Å². The maximum atomic E-state index is 12.8. The minimum absolute atomic E-state index is 0.0481. The molecular formula is C20H33N5O2. The summed E-state index contributed by atoms with van der Waals surface area (Å²) < 4.78 is 2.02. The van der Waals surface area contributed by atoms with Crippen LogP contribution in [0.15, 0.2) is 6.20 Å². The highest BCUT2D eigenvalue weighted by Crippen LogP contribution is 2.32. The molecule has 7 heteroatoms. The molecule has 7 nitrogen and oxygen atoms in total. The molecule has 3 rings (SSSR count). The van der Waals surface area contributed by atoms with Crippen LogP contribution >= 0.6 is 0 Å². The van der Waals surface area contributed by atoms with Crippen molar-refractivity contribution in [2.45, 2.75) is 89.6 Å². The maximum absolute atomic E-state index is 12.8. The van der Waals surface area contributed by atoms with Crippen LogP contribution in [0, 0.1) is 0 Å². The molecule has 0 aromatic carbocycles. The van der Waals surface area contributed by atoms with Crippen molar-refractivity contribution >= 4 is 11.8 Å². The zero-order valence-electron chi connectivity index (χ0n) is 16.7. The minimum atomic E-state index is -0.395. The highest BCUT2D eigenvalue weighted by atomic mass is 16.2. The molecule has 0 bridgehead atoms. The third kappa shape index (κ3) is 5.08. The van der Waals surface area contributed by atoms with E-state index < -0.39 is 6.04 Å². The summed E-state index contributed by atoms with van der Waals surface area (Å²) in [5, 5.41) is 11.6. The lowest BCUT2D eigenvalue weighted by Crippen LogP contribution is -2.50. The molecule has 1 unspecified atom stereocenters. The van der Waals surface area contributed by atoms with Gasteiger partial charge in [-0.2, -0.15) is 0 Å². The number of nitrogens with one attached hydrogen (secondary N) is 1. The summed E-state index contributed by atoms with van der Waals surface area (Å²) in [6, 6.07) is -0.0855. The molecule has 1 N–H and O–H groups in total. The second kappa shape index (κ2) is 9.33. The van der Waals surface area contributed by atoms with E-state index in [1.54, 1.807) is 0 Å². The van der Waals surface area contributed by atoms with E-state index in [9.17, 15) is 9.59 Å². The first-order valence-corrected chi connectivity index (χ1v) is 10.6. The number of hydrogen-bond acceptors (Lipinski definition) is 4. The number of carbonyl (C=O) groups is 2. The SMILES string of the molecule is CCCC(NC(C)=O)C(=O)N1CCC(n2cc(C3CCCCC3)nn2)CC1. The van der Waals surface area contributed by atoms with E-state index in [0.717, 1.165) is 25.0 Å². The predicted octanol–water partition coefficient (Wildman–Crippen LogP) is 2.79. The minimum Gasteiger partial charge on any atom is -0.345 e. The van der Waals surface area contributed by atoms with Gasteiger partial charge in [-0.1, -0.05) is 37.8 Å². The average molecular weight is 376 g/mol. The maximum Gasteiger partial charge on any atom is 0.245 e. The van der Waals surface area contributed by atoms with Gasteiger partial charge in [-0.05, 0) is 32.1 Å². The van der Waals surface area contributed by atoms with Crippen LogP contribution in [0.2, 0.25) is 0 Å². The third-order valence-electron chi connectivity index (χ3n) is 5.95. The lowest BCUT2D eigenvalue weighted by Gasteiger charge is -2.34. The normalized spacial score (nSPS) is 20.4. The van der Waals surface area contributed by atoms with E-state index in [2.05, 4.69) is 21.8 Å². The topological polar surface area (TPSA) is 80.1 Å². The van der Waals surface area contributed by atoms with Crippen LogP contribution in [0.4, 0.5) is 0 Å². The Balaban J connectivity index is 1.54. The van der Waals surface area contributed by atoms with Crippen molar-refractivity contribution in [3.05, 3.63) is 11.9 Å². The smallest absolute Gasteiger partial charge is 0.245 e. The summed E-state index contributed by atoms with van der Waals surface area (Å²) in [6.45, 7) is 4.92. The van der Waals surface area contributed by atoms with Crippen molar-refractivity contribution in [3.8, 4) is 0 Å². The molecule has 1 aromatic heterocycles. The number of hydrogen-bond donors (Lipinski definition) is 1. The first-order valence-electron chi connectivity index (χ1n) is 10.6. The molecule has 1 saturated carbocycles. The summed E-state index contributed by atoms with van der Waals surface area (Å²) in [7, 11) is 0. The fourth-order valence-corrected chi connectivity index (χ4v) is 4.42. The van der Waals surface area contributed by atoms with E-state index in [-0.39, 0.29) is 11.8 Å². The largest absolute Gasteiger partial charge is 0.345 e. The Morgan fingerprint density at radius 3 is 2.52 bits per heavy atom. The number of carbonyl (C=O) groups excluding carboxylic acids is 2. The van der Waals surface area contributed by atoms with Crippen molar-refractivity contribution in [2.24, 2.45) is 0 Å². The van der Waals surface area contributed by atoms with Crippen LogP contribution < -0.4 is 5.32 Å². The van der Waals surface area contributed by atoms with Crippen LogP contribution in [0.5, 0.6) is 0 Å². The Labute approximate surface area is 161 Å². The number of amides is 2. The summed E-state index contributed by atoms with van der Waals surface area (Å²) in [6.07, 6.45) is 11.9. The fraction of sp³-hybridized carbons (Fsp3) is 0.800. The first kappa shape index (κ1) is 19.8. The van der Waals surface area contributed by atoms with Gasteiger partial charge in [-0.25, -0.2) is 4.68 Å². The van der Waals surface area contributed by atoms with E-state index in [1.165, 1.54) is 39.0 Å². The highest BCUT2D eigenvalue weighted by molar-refractivity contribution is 5.86. The monoisotopic (exact) mass is 375 g/mol. The number of likely N-dealkylation sites (tertiary alicyclic amines) is 1. The molecule has 0 radical (unpaired) electrons. The molecule has 150 valence electrons. The van der Waals surface area contributed by atoms with Gasteiger partial charge in [-0.15, -0.1) is 5.10 Å². The zero-order chi connectivity index (χ0) is 19.2. The van der Waals surface area contributed by atoms with E-state index in [0.29, 0.717) is 31.5 Å². The summed E-state index contributed by atoms with van der Waals surface area (Å²) in [4.78, 5) is 26.0. The molecule has 1 aliphatic carbocycles. The number of aromatic nitrogens is 3. The first-order chi connectivity index (χ1) is 13.1. The molecule has 27 heavy (non-hydrogen) atoms. The quantitative estimate of drug-likeness (QED) is 0.829. The molecule has 1 aromatic rings. The summed E-state index contributed by atoms with van der Waals surface area (Å²) in [5.41, 5.74) is 1.14. The average Bonchev–Trinajstić information content (AvgIpc) is 3.18. The van der Waals surface area contributed by atoms with E-state index in [4.69, 9.17) is 0 Å². The summed E-state index contributed by atoms with van der Waals surface area (Å²) >= 11 is 0. The molecule has 1 atom stereocenters. The van der Waals surface area contributed by atoms with Gasteiger partial charge in [0.15, 0.2) is 0 Å². The van der Waals surface area contributed by atoms with Gasteiger partial charge in [0.1, 0.15) is 6.04 Å². The van der Waals surface area contributed by atoms with Crippen LogP contribution in [-0.2, 0) is 9.59 Å². The second-order valence-electron chi connectivity index (χ2n) is 8.06. The van der Waals surface area contributed by atoms with Gasteiger partial charge in [-0.3, -0.25) is 9.59 Å². The second-order valence-corrected chi connectivity index (χ2v) is 8.06. The summed E-state index contributed by atoms with van der Waals surface area (Å²) in [5.74, 6) is 0.475. The van der Waals surface area contributed by atoms with Gasteiger partial charge < -0.3 is 10.2 Å². The lowest BCUT2D eigenvalue weighted by atomic mass is 9.87. The molecule has 2 amide bonds. The molecule has 1 aliphatic heterocycles. The van der Waals surface area contributed by atoms with Gasteiger partial charge in [0.25, 0.3) is 0 Å². The van der Waals surface area contributed by atoms with Crippen molar-refractivity contribution in [3.63, 3.8) is 0 Å². The van der Waals surface area contributed by atoms with Crippen LogP contribution in [0.3, 0.4) is 0 Å². The Kier molecular flexibility index (Phi) is 6.85. The Morgan fingerprint density at radius 1 is 1.19 bits per heavy atom. The van der Waals surface area contributed by atoms with Gasteiger partial charge in [0.05, 0.1) is 11.7 Å². The Bertz CT molecular complexity index is 630. The van der Waals surface area contributed by atoms with Gasteiger partial charge in [0, 0.05) is 32.1 Å². The predicted molar refractivity (Wildman–Crippen MR) is 103 cm³/mol. The molecule has 2 fully saturated rings. The number of piperidine rings is 1. The lowest BCUT2D eigenvalue weighted by molar-refractivity contribution is -0.137. The fourth-order valence-electron chi connectivity index (χ4n) is 4.42. The third-order valence-corrected chi connectivity index (χ3v) is 5.95. The highest BCUT2D eigenvalue weighted by Gasteiger charge is 2.29. The molecule has 1 saturated heterocycles. The Morgan fingerprint density at radius 2 is 1.89 bits per heavy atom. The van der Waals surface area contributed by atoms with Crippen molar-refractivity contribution in [1.29, 1.82) is 0 Å². The van der Waals surface area contributed by atoms with E-state index >= 15 is 0 Å². The van der Waals surface area contributed by atoms with E-state index in [1.807, 2.05) is 16.5 Å². The van der Waals surface area contributed by atoms with Crippen LogP contribution in [0.1, 0.15) is 89.3 Å². The van der Waals surface area contributed by atoms with Gasteiger partial charge in [0.2, 0.25) is 11.8 Å². The molecule has 2 aliphatic rings. The number of nitrogens with zero attached hydrogens (tertiary/aromatic N) is 4. The standard InChI is InChI=1S/C20H33N5O2/c1-3-7-18(21-15(2)26)20(27)24-12-10-17(11-13-24)25-14-19(22-23-25)16-8-5-4-6-9-16/h14,16-18H,3-13H2,1-2H3,(H,21,26). The number of rotatable bonds is 6. The van der Waals surface area contributed by atoms with Crippen LogP contribution in [0.25, 0.3) is 0 Å². The Hall–Kier alpha value is -1.92.